The lowest BCUT2D eigenvalue weighted by atomic mass is 9.67. The molecule has 2 nitrogen and oxygen atoms in total. The predicted octanol–water partition coefficient (Wildman–Crippen LogP) is 4.46. The molecule has 1 fully saturated rings. The van der Waals surface area contributed by atoms with Crippen molar-refractivity contribution in [3.05, 3.63) is 0 Å². The molecule has 0 aromatic carbocycles. The first-order chi connectivity index (χ1) is 8.91. The van der Waals surface area contributed by atoms with Crippen LogP contribution >= 0.6 is 0 Å². The van der Waals surface area contributed by atoms with Gasteiger partial charge in [0.15, 0.2) is 0 Å². The van der Waals surface area contributed by atoms with E-state index in [-0.39, 0.29) is 12.0 Å². The first kappa shape index (κ1) is 16.3. The highest BCUT2D eigenvalue weighted by Crippen LogP contribution is 2.43. The van der Waals surface area contributed by atoms with Gasteiger partial charge in [0.05, 0.1) is 11.5 Å². The molecule has 0 amide bonds. The van der Waals surface area contributed by atoms with Crippen LogP contribution < -0.4 is 0 Å². The Balaban J connectivity index is 2.31. The molecule has 1 aliphatic rings. The fraction of sp³-hybridized carbons (Fsp3) is 0.929. The van der Waals surface area contributed by atoms with Crippen LogP contribution in [-0.4, -0.2) is 19.4 Å². The first-order valence-corrected chi connectivity index (χ1v) is 6.96. The van der Waals surface area contributed by atoms with Crippen molar-refractivity contribution in [2.45, 2.75) is 58.0 Å². The quantitative estimate of drug-likeness (QED) is 0.672. The SMILES string of the molecule is CCC1CCCC(C#N)(CCCOCC(F)(F)F)C1. The Bertz CT molecular complexity index is 311. The van der Waals surface area contributed by atoms with Gasteiger partial charge in [0.1, 0.15) is 6.61 Å². The van der Waals surface area contributed by atoms with Crippen LogP contribution in [0, 0.1) is 22.7 Å². The van der Waals surface area contributed by atoms with Gasteiger partial charge in [-0.15, -0.1) is 0 Å². The van der Waals surface area contributed by atoms with Gasteiger partial charge in [0.25, 0.3) is 0 Å². The van der Waals surface area contributed by atoms with Crippen LogP contribution in [0.15, 0.2) is 0 Å². The van der Waals surface area contributed by atoms with Gasteiger partial charge < -0.3 is 4.74 Å². The third-order valence-electron chi connectivity index (χ3n) is 3.97. The van der Waals surface area contributed by atoms with E-state index in [4.69, 9.17) is 0 Å². The smallest absolute Gasteiger partial charge is 0.372 e. The summed E-state index contributed by atoms with van der Waals surface area (Å²) in [6, 6.07) is 2.41. The third-order valence-corrected chi connectivity index (χ3v) is 3.97. The van der Waals surface area contributed by atoms with Crippen LogP contribution in [0.25, 0.3) is 0 Å². The van der Waals surface area contributed by atoms with Gasteiger partial charge in [-0.25, -0.2) is 0 Å². The van der Waals surface area contributed by atoms with E-state index in [1.54, 1.807) is 0 Å². The zero-order valence-electron chi connectivity index (χ0n) is 11.4. The molecular weight excluding hydrogens is 255 g/mol. The van der Waals surface area contributed by atoms with E-state index >= 15 is 0 Å². The molecule has 0 spiro atoms. The van der Waals surface area contributed by atoms with Gasteiger partial charge in [-0.1, -0.05) is 26.2 Å². The molecular formula is C14H22F3NO. The van der Waals surface area contributed by atoms with Crippen molar-refractivity contribution in [3.8, 4) is 6.07 Å². The first-order valence-electron chi connectivity index (χ1n) is 6.96. The van der Waals surface area contributed by atoms with Crippen molar-refractivity contribution in [1.82, 2.24) is 0 Å². The lowest BCUT2D eigenvalue weighted by molar-refractivity contribution is -0.174. The highest BCUT2D eigenvalue weighted by Gasteiger charge is 2.35. The minimum atomic E-state index is -4.26. The number of hydrogen-bond donors (Lipinski definition) is 0. The highest BCUT2D eigenvalue weighted by molar-refractivity contribution is 5.01. The summed E-state index contributed by atoms with van der Waals surface area (Å²) in [6.45, 7) is 1.02. The molecule has 1 aliphatic carbocycles. The summed E-state index contributed by atoms with van der Waals surface area (Å²) in [5.41, 5.74) is -0.333. The van der Waals surface area contributed by atoms with Crippen molar-refractivity contribution >= 4 is 0 Å². The number of alkyl halides is 3. The largest absolute Gasteiger partial charge is 0.411 e. The number of halogens is 3. The minimum absolute atomic E-state index is 0.0831. The molecule has 0 aromatic rings. The summed E-state index contributed by atoms with van der Waals surface area (Å²) < 4.78 is 40.3. The average Bonchev–Trinajstić information content (AvgIpc) is 2.37. The topological polar surface area (TPSA) is 33.0 Å². The maximum absolute atomic E-state index is 11.9. The van der Waals surface area contributed by atoms with Crippen LogP contribution in [-0.2, 0) is 4.74 Å². The van der Waals surface area contributed by atoms with Crippen molar-refractivity contribution in [3.63, 3.8) is 0 Å². The average molecular weight is 277 g/mol. The molecule has 0 radical (unpaired) electrons. The summed E-state index contributed by atoms with van der Waals surface area (Å²) >= 11 is 0. The van der Waals surface area contributed by atoms with Gasteiger partial charge in [0, 0.05) is 6.61 Å². The van der Waals surface area contributed by atoms with E-state index in [1.165, 1.54) is 6.42 Å². The minimum Gasteiger partial charge on any atom is -0.372 e. The summed E-state index contributed by atoms with van der Waals surface area (Å²) in [4.78, 5) is 0. The standard InChI is InChI=1S/C14H22F3NO/c1-2-12-5-3-6-13(9-12,10-18)7-4-8-19-11-14(15,16)17/h12H,2-9,11H2,1H3. The number of ether oxygens (including phenoxy) is 1. The molecule has 110 valence electrons. The molecule has 0 bridgehead atoms. The molecule has 19 heavy (non-hydrogen) atoms. The number of nitrogens with zero attached hydrogens (tertiary/aromatic N) is 1. The number of hydrogen-bond acceptors (Lipinski definition) is 2. The van der Waals surface area contributed by atoms with Crippen LogP contribution in [0.3, 0.4) is 0 Å². The second kappa shape index (κ2) is 7.14. The lowest BCUT2D eigenvalue weighted by Gasteiger charge is -2.35. The zero-order valence-corrected chi connectivity index (χ0v) is 11.4. The Labute approximate surface area is 112 Å². The summed E-state index contributed by atoms with van der Waals surface area (Å²) in [6.07, 6.45) is 1.98. The van der Waals surface area contributed by atoms with Gasteiger partial charge >= 0.3 is 6.18 Å². The van der Waals surface area contributed by atoms with Crippen LogP contribution in [0.5, 0.6) is 0 Å². The van der Waals surface area contributed by atoms with Crippen LogP contribution in [0.2, 0.25) is 0 Å². The van der Waals surface area contributed by atoms with E-state index in [9.17, 15) is 18.4 Å². The van der Waals surface area contributed by atoms with Crippen molar-refractivity contribution in [2.75, 3.05) is 13.2 Å². The Hall–Kier alpha value is -0.760. The summed E-state index contributed by atoms with van der Waals surface area (Å²) in [5, 5.41) is 9.37. The van der Waals surface area contributed by atoms with Crippen molar-refractivity contribution in [1.29, 1.82) is 5.26 Å². The molecule has 0 aliphatic heterocycles. The molecule has 0 N–H and O–H groups in total. The van der Waals surface area contributed by atoms with E-state index < -0.39 is 12.8 Å². The third kappa shape index (κ3) is 5.82. The predicted molar refractivity (Wildman–Crippen MR) is 66.4 cm³/mol. The Morgan fingerprint density at radius 1 is 1.42 bits per heavy atom. The zero-order chi connectivity index (χ0) is 14.4. The van der Waals surface area contributed by atoms with E-state index in [0.29, 0.717) is 18.8 Å². The second-order valence-electron chi connectivity index (χ2n) is 5.53. The van der Waals surface area contributed by atoms with Gasteiger partial charge in [-0.3, -0.25) is 0 Å². The van der Waals surface area contributed by atoms with Crippen LogP contribution in [0.1, 0.15) is 51.9 Å². The van der Waals surface area contributed by atoms with Crippen molar-refractivity contribution < 1.29 is 17.9 Å². The van der Waals surface area contributed by atoms with Gasteiger partial charge in [-0.05, 0) is 31.6 Å². The van der Waals surface area contributed by atoms with Gasteiger partial charge in [0.2, 0.25) is 0 Å². The maximum atomic E-state index is 11.9. The molecule has 0 saturated heterocycles. The number of rotatable bonds is 6. The molecule has 5 heteroatoms. The number of nitriles is 1. The van der Waals surface area contributed by atoms with Gasteiger partial charge in [-0.2, -0.15) is 18.4 Å². The Morgan fingerprint density at radius 3 is 2.74 bits per heavy atom. The van der Waals surface area contributed by atoms with Crippen LogP contribution in [0.4, 0.5) is 13.2 Å². The Morgan fingerprint density at radius 2 is 2.16 bits per heavy atom. The monoisotopic (exact) mass is 277 g/mol. The highest BCUT2D eigenvalue weighted by atomic mass is 19.4. The second-order valence-corrected chi connectivity index (χ2v) is 5.53. The molecule has 2 atom stereocenters. The van der Waals surface area contributed by atoms with Crippen molar-refractivity contribution in [2.24, 2.45) is 11.3 Å². The Kier molecular flexibility index (Phi) is 6.12. The van der Waals surface area contributed by atoms with E-state index in [0.717, 1.165) is 25.7 Å². The molecule has 2 unspecified atom stereocenters. The molecule has 0 heterocycles. The maximum Gasteiger partial charge on any atom is 0.411 e. The molecule has 1 saturated carbocycles. The van der Waals surface area contributed by atoms with E-state index in [2.05, 4.69) is 17.7 Å². The molecule has 0 aromatic heterocycles. The normalized spacial score (nSPS) is 28.1. The summed E-state index contributed by atoms with van der Waals surface area (Å²) in [7, 11) is 0. The summed E-state index contributed by atoms with van der Waals surface area (Å²) in [5.74, 6) is 0.587. The van der Waals surface area contributed by atoms with E-state index in [1.807, 2.05) is 0 Å². The fourth-order valence-electron chi connectivity index (χ4n) is 2.92. The lowest BCUT2D eigenvalue weighted by Crippen LogP contribution is -2.27. The fourth-order valence-corrected chi connectivity index (χ4v) is 2.92. The molecule has 1 rings (SSSR count).